The van der Waals surface area contributed by atoms with Crippen molar-refractivity contribution in [2.45, 2.75) is 6.42 Å². The average molecular weight is 379 g/mol. The Bertz CT molecular complexity index is 608. The molecule has 3 rings (SSSR count). The van der Waals surface area contributed by atoms with Gasteiger partial charge in [0.15, 0.2) is 0 Å². The Balaban J connectivity index is 0.00000192. The van der Waals surface area contributed by atoms with Crippen LogP contribution in [-0.4, -0.2) is 38.0 Å². The van der Waals surface area contributed by atoms with Crippen molar-refractivity contribution in [2.75, 3.05) is 31.1 Å². The van der Waals surface area contributed by atoms with Gasteiger partial charge in [-0.05, 0) is 24.6 Å². The van der Waals surface area contributed by atoms with E-state index < -0.39 is 5.92 Å². The van der Waals surface area contributed by atoms with Crippen LogP contribution in [0.5, 0.6) is 0 Å². The molecule has 2 aliphatic rings. The molecule has 0 radical (unpaired) electrons. The van der Waals surface area contributed by atoms with Gasteiger partial charge in [0.05, 0.1) is 10.7 Å². The van der Waals surface area contributed by atoms with Gasteiger partial charge in [-0.25, -0.2) is 0 Å². The second-order valence-electron chi connectivity index (χ2n) is 5.70. The van der Waals surface area contributed by atoms with E-state index in [9.17, 15) is 9.59 Å². The molecule has 2 amide bonds. The fourth-order valence-corrected chi connectivity index (χ4v) is 3.10. The number of hydrogen-bond acceptors (Lipinski definition) is 3. The van der Waals surface area contributed by atoms with E-state index in [0.29, 0.717) is 41.2 Å². The normalized spacial score (nSPS) is 20.9. The summed E-state index contributed by atoms with van der Waals surface area (Å²) in [4.78, 5) is 26.2. The number of halogens is 3. The summed E-state index contributed by atoms with van der Waals surface area (Å²) in [7, 11) is 0. The Labute approximate surface area is 151 Å². The number of rotatable bonds is 4. The van der Waals surface area contributed by atoms with Crippen molar-refractivity contribution >= 4 is 53.1 Å². The topological polar surface area (TPSA) is 61.4 Å². The van der Waals surface area contributed by atoms with Crippen LogP contribution in [0, 0.1) is 11.8 Å². The second-order valence-corrected chi connectivity index (χ2v) is 6.54. The van der Waals surface area contributed by atoms with Crippen LogP contribution in [0.15, 0.2) is 18.2 Å². The van der Waals surface area contributed by atoms with Gasteiger partial charge in [-0.3, -0.25) is 9.59 Å². The number of anilines is 1. The van der Waals surface area contributed by atoms with Crippen molar-refractivity contribution in [3.63, 3.8) is 0 Å². The standard InChI is InChI=1S/C15H17Cl2N3O2.ClH/c16-10-1-2-12(17)13(5-10)20-4-3-11(15(20)22)14(21)19-8-9-6-18-7-9;/h1-2,5,9,11,18H,3-4,6-8H2,(H,19,21);1H. The molecule has 2 saturated heterocycles. The highest BCUT2D eigenvalue weighted by molar-refractivity contribution is 6.36. The molecule has 0 aliphatic carbocycles. The molecular weight excluding hydrogens is 361 g/mol. The van der Waals surface area contributed by atoms with Crippen molar-refractivity contribution in [1.82, 2.24) is 10.6 Å². The summed E-state index contributed by atoms with van der Waals surface area (Å²) in [6.45, 7) is 2.93. The van der Waals surface area contributed by atoms with E-state index >= 15 is 0 Å². The summed E-state index contributed by atoms with van der Waals surface area (Å²) < 4.78 is 0. The zero-order valence-corrected chi connectivity index (χ0v) is 14.7. The first-order valence-electron chi connectivity index (χ1n) is 7.31. The highest BCUT2D eigenvalue weighted by Crippen LogP contribution is 2.33. The van der Waals surface area contributed by atoms with Crippen LogP contribution in [0.1, 0.15) is 6.42 Å². The molecule has 0 bridgehead atoms. The SMILES string of the molecule is Cl.O=C(NCC1CNC1)C1CCN(c2cc(Cl)ccc2Cl)C1=O. The maximum absolute atomic E-state index is 12.5. The zero-order valence-electron chi connectivity index (χ0n) is 12.4. The van der Waals surface area contributed by atoms with Gasteiger partial charge in [0.1, 0.15) is 5.92 Å². The smallest absolute Gasteiger partial charge is 0.239 e. The maximum atomic E-state index is 12.5. The Morgan fingerprint density at radius 2 is 2.09 bits per heavy atom. The lowest BCUT2D eigenvalue weighted by atomic mass is 10.0. The largest absolute Gasteiger partial charge is 0.355 e. The molecule has 1 atom stereocenters. The molecule has 0 saturated carbocycles. The Hall–Kier alpha value is -1.01. The van der Waals surface area contributed by atoms with Gasteiger partial charge in [-0.1, -0.05) is 23.2 Å². The van der Waals surface area contributed by atoms with Gasteiger partial charge in [0.25, 0.3) is 0 Å². The Morgan fingerprint density at radius 3 is 2.74 bits per heavy atom. The van der Waals surface area contributed by atoms with Crippen LogP contribution >= 0.6 is 35.6 Å². The molecule has 1 unspecified atom stereocenters. The molecular formula is C15H18Cl3N3O2. The van der Waals surface area contributed by atoms with E-state index in [4.69, 9.17) is 23.2 Å². The molecule has 2 aliphatic heterocycles. The van der Waals surface area contributed by atoms with Gasteiger partial charge >= 0.3 is 0 Å². The monoisotopic (exact) mass is 377 g/mol. The molecule has 5 nitrogen and oxygen atoms in total. The summed E-state index contributed by atoms with van der Waals surface area (Å²) >= 11 is 12.1. The third kappa shape index (κ3) is 3.91. The van der Waals surface area contributed by atoms with Gasteiger partial charge in [-0.15, -0.1) is 12.4 Å². The van der Waals surface area contributed by atoms with Crippen molar-refractivity contribution in [3.8, 4) is 0 Å². The quantitative estimate of drug-likeness (QED) is 0.789. The molecule has 2 fully saturated rings. The third-order valence-electron chi connectivity index (χ3n) is 4.15. The summed E-state index contributed by atoms with van der Waals surface area (Å²) in [5.41, 5.74) is 0.567. The molecule has 2 N–H and O–H groups in total. The van der Waals surface area contributed by atoms with Crippen LogP contribution < -0.4 is 15.5 Å². The minimum atomic E-state index is -0.636. The van der Waals surface area contributed by atoms with Crippen LogP contribution in [0.25, 0.3) is 0 Å². The van der Waals surface area contributed by atoms with Crippen molar-refractivity contribution in [1.29, 1.82) is 0 Å². The number of nitrogens with zero attached hydrogens (tertiary/aromatic N) is 1. The van der Waals surface area contributed by atoms with E-state index in [1.54, 1.807) is 23.1 Å². The fourth-order valence-electron chi connectivity index (χ4n) is 2.72. The first-order valence-corrected chi connectivity index (χ1v) is 8.06. The van der Waals surface area contributed by atoms with Crippen LogP contribution in [-0.2, 0) is 9.59 Å². The average Bonchev–Trinajstić information content (AvgIpc) is 2.81. The number of carbonyl (C=O) groups is 2. The maximum Gasteiger partial charge on any atom is 0.239 e. The molecule has 0 spiro atoms. The van der Waals surface area contributed by atoms with Gasteiger partial charge in [0, 0.05) is 37.1 Å². The molecule has 1 aromatic carbocycles. The predicted molar refractivity (Wildman–Crippen MR) is 93.5 cm³/mol. The van der Waals surface area contributed by atoms with E-state index in [-0.39, 0.29) is 24.2 Å². The number of benzene rings is 1. The highest BCUT2D eigenvalue weighted by Gasteiger charge is 2.38. The molecule has 0 aromatic heterocycles. The number of nitrogens with one attached hydrogen (secondary N) is 2. The number of hydrogen-bond donors (Lipinski definition) is 2. The third-order valence-corrected chi connectivity index (χ3v) is 4.71. The van der Waals surface area contributed by atoms with Crippen LogP contribution in [0.3, 0.4) is 0 Å². The van der Waals surface area contributed by atoms with Crippen molar-refractivity contribution in [3.05, 3.63) is 28.2 Å². The zero-order chi connectivity index (χ0) is 15.7. The fraction of sp³-hybridized carbons (Fsp3) is 0.467. The number of amides is 2. The minimum absolute atomic E-state index is 0. The summed E-state index contributed by atoms with van der Waals surface area (Å²) in [6.07, 6.45) is 0.496. The second kappa shape index (κ2) is 7.71. The number of carbonyl (C=O) groups excluding carboxylic acids is 2. The molecule has 1 aromatic rings. The molecule has 126 valence electrons. The Morgan fingerprint density at radius 1 is 1.35 bits per heavy atom. The first-order chi connectivity index (χ1) is 10.6. The predicted octanol–water partition coefficient (Wildman–Crippen LogP) is 2.10. The van der Waals surface area contributed by atoms with E-state index in [1.807, 2.05) is 0 Å². The van der Waals surface area contributed by atoms with Gasteiger partial charge in [0.2, 0.25) is 11.8 Å². The lowest BCUT2D eigenvalue weighted by Crippen LogP contribution is -2.49. The van der Waals surface area contributed by atoms with Gasteiger partial charge in [-0.2, -0.15) is 0 Å². The first kappa shape index (κ1) is 18.3. The lowest BCUT2D eigenvalue weighted by molar-refractivity contribution is -0.132. The van der Waals surface area contributed by atoms with Crippen LogP contribution in [0.2, 0.25) is 10.0 Å². The summed E-state index contributed by atoms with van der Waals surface area (Å²) in [5, 5.41) is 6.99. The highest BCUT2D eigenvalue weighted by atomic mass is 35.5. The molecule has 23 heavy (non-hydrogen) atoms. The van der Waals surface area contributed by atoms with Gasteiger partial charge < -0.3 is 15.5 Å². The minimum Gasteiger partial charge on any atom is -0.355 e. The Kier molecular flexibility index (Phi) is 6.14. The lowest BCUT2D eigenvalue weighted by Gasteiger charge is -2.27. The van der Waals surface area contributed by atoms with Crippen molar-refractivity contribution < 1.29 is 9.59 Å². The molecule has 2 heterocycles. The summed E-state index contributed by atoms with van der Waals surface area (Å²) in [6, 6.07) is 4.98. The molecule has 8 heteroatoms. The van der Waals surface area contributed by atoms with E-state index in [1.165, 1.54) is 0 Å². The van der Waals surface area contributed by atoms with Crippen molar-refractivity contribution in [2.24, 2.45) is 11.8 Å². The van der Waals surface area contributed by atoms with E-state index in [2.05, 4.69) is 10.6 Å². The summed E-state index contributed by atoms with van der Waals surface area (Å²) in [5.74, 6) is -0.576. The van der Waals surface area contributed by atoms with Crippen LogP contribution in [0.4, 0.5) is 5.69 Å². The van der Waals surface area contributed by atoms with E-state index in [0.717, 1.165) is 13.1 Å².